The third-order valence-electron chi connectivity index (χ3n) is 3.82. The highest BCUT2D eigenvalue weighted by Gasteiger charge is 2.15. The van der Waals surface area contributed by atoms with Crippen LogP contribution in [0.25, 0.3) is 11.4 Å². The Morgan fingerprint density at radius 1 is 1.11 bits per heavy atom. The van der Waals surface area contributed by atoms with Gasteiger partial charge in [0.05, 0.1) is 19.1 Å². The quantitative estimate of drug-likeness (QED) is 0.284. The second kappa shape index (κ2) is 7.96. The maximum Gasteiger partial charge on any atom is 0.269 e. The largest absolute Gasteiger partial charge is 0.493 e. The Balaban J connectivity index is 1.76. The number of rotatable bonds is 7. The standard InChI is InChI=1S/C17H17N5O4S/c1-25-14-8-5-12(9-15(14)26-2)16-19-20-17(21(16)18)27-10-11-3-6-13(7-4-11)22(23)24/h3-9H,10,18H2,1-2H3. The molecule has 3 rings (SSSR count). The van der Waals surface area contributed by atoms with Crippen LogP contribution >= 0.6 is 11.8 Å². The van der Waals surface area contributed by atoms with E-state index in [0.29, 0.717) is 28.2 Å². The number of methoxy groups -OCH3 is 2. The van der Waals surface area contributed by atoms with Crippen molar-refractivity contribution in [1.82, 2.24) is 14.9 Å². The van der Waals surface area contributed by atoms with Gasteiger partial charge in [0.15, 0.2) is 17.3 Å². The first-order chi connectivity index (χ1) is 13.0. The Morgan fingerprint density at radius 2 is 1.81 bits per heavy atom. The van der Waals surface area contributed by atoms with Crippen molar-refractivity contribution in [3.05, 3.63) is 58.1 Å². The third kappa shape index (κ3) is 3.95. The van der Waals surface area contributed by atoms with Gasteiger partial charge in [-0.15, -0.1) is 10.2 Å². The summed E-state index contributed by atoms with van der Waals surface area (Å²) in [5, 5.41) is 19.5. The number of benzene rings is 2. The first kappa shape index (κ1) is 18.5. The molecular weight excluding hydrogens is 370 g/mol. The molecule has 27 heavy (non-hydrogen) atoms. The number of hydrogen-bond donors (Lipinski definition) is 1. The molecule has 0 aliphatic rings. The molecule has 0 saturated heterocycles. The number of hydrogen-bond acceptors (Lipinski definition) is 8. The van der Waals surface area contributed by atoms with Crippen LogP contribution in [0.1, 0.15) is 5.56 Å². The lowest BCUT2D eigenvalue weighted by atomic mass is 10.2. The van der Waals surface area contributed by atoms with Gasteiger partial charge < -0.3 is 15.3 Å². The van der Waals surface area contributed by atoms with Crippen LogP contribution in [-0.4, -0.2) is 34.0 Å². The Hall–Kier alpha value is -3.27. The summed E-state index contributed by atoms with van der Waals surface area (Å²) in [6, 6.07) is 11.7. The zero-order valence-electron chi connectivity index (χ0n) is 14.7. The molecule has 2 N–H and O–H groups in total. The van der Waals surface area contributed by atoms with Gasteiger partial charge in [-0.25, -0.2) is 4.68 Å². The molecule has 0 aliphatic heterocycles. The lowest BCUT2D eigenvalue weighted by Gasteiger charge is -2.09. The lowest BCUT2D eigenvalue weighted by molar-refractivity contribution is -0.384. The van der Waals surface area contributed by atoms with E-state index in [1.54, 1.807) is 38.5 Å². The predicted octanol–water partition coefficient (Wildman–Crippen LogP) is 2.88. The second-order valence-electron chi connectivity index (χ2n) is 5.46. The SMILES string of the molecule is COc1ccc(-c2nnc(SCc3ccc([N+](=O)[O-])cc3)n2N)cc1OC. The van der Waals surface area contributed by atoms with Gasteiger partial charge in [0.1, 0.15) is 0 Å². The smallest absolute Gasteiger partial charge is 0.269 e. The molecular formula is C17H17N5O4S. The average Bonchev–Trinajstić information content (AvgIpc) is 3.06. The highest BCUT2D eigenvalue weighted by Crippen LogP contribution is 2.32. The molecule has 0 aliphatic carbocycles. The zero-order chi connectivity index (χ0) is 19.4. The van der Waals surface area contributed by atoms with E-state index in [1.165, 1.54) is 28.6 Å². The predicted molar refractivity (Wildman–Crippen MR) is 101 cm³/mol. The summed E-state index contributed by atoms with van der Waals surface area (Å²) in [4.78, 5) is 10.3. The lowest BCUT2D eigenvalue weighted by Crippen LogP contribution is -2.11. The Bertz CT molecular complexity index is 958. The zero-order valence-corrected chi connectivity index (χ0v) is 15.5. The van der Waals surface area contributed by atoms with Gasteiger partial charge in [0, 0.05) is 23.4 Å². The first-order valence-electron chi connectivity index (χ1n) is 7.82. The third-order valence-corrected chi connectivity index (χ3v) is 4.84. The van der Waals surface area contributed by atoms with Crippen LogP contribution in [0, 0.1) is 10.1 Å². The highest BCUT2D eigenvalue weighted by molar-refractivity contribution is 7.98. The minimum Gasteiger partial charge on any atom is -0.493 e. The van der Waals surface area contributed by atoms with Crippen LogP contribution < -0.4 is 15.3 Å². The minimum atomic E-state index is -0.428. The van der Waals surface area contributed by atoms with Gasteiger partial charge in [-0.05, 0) is 23.8 Å². The second-order valence-corrected chi connectivity index (χ2v) is 6.40. The molecule has 2 aromatic carbocycles. The normalized spacial score (nSPS) is 10.6. The fourth-order valence-corrected chi connectivity index (χ4v) is 3.22. The Labute approximate surface area is 159 Å². The maximum absolute atomic E-state index is 10.7. The van der Waals surface area contributed by atoms with Crippen LogP contribution in [-0.2, 0) is 5.75 Å². The van der Waals surface area contributed by atoms with Crippen molar-refractivity contribution in [2.24, 2.45) is 0 Å². The number of non-ortho nitro benzene ring substituents is 1. The number of thioether (sulfide) groups is 1. The fraction of sp³-hybridized carbons (Fsp3) is 0.176. The average molecular weight is 387 g/mol. The molecule has 0 spiro atoms. The summed E-state index contributed by atoms with van der Waals surface area (Å²) in [5.41, 5.74) is 1.72. The molecule has 0 saturated carbocycles. The van der Waals surface area contributed by atoms with Crippen LogP contribution in [0.4, 0.5) is 5.69 Å². The van der Waals surface area contributed by atoms with Crippen molar-refractivity contribution in [2.45, 2.75) is 10.9 Å². The van der Waals surface area contributed by atoms with E-state index in [4.69, 9.17) is 15.3 Å². The molecule has 0 fully saturated rings. The van der Waals surface area contributed by atoms with Crippen LogP contribution in [0.2, 0.25) is 0 Å². The van der Waals surface area contributed by atoms with Crippen molar-refractivity contribution in [3.63, 3.8) is 0 Å². The van der Waals surface area contributed by atoms with E-state index >= 15 is 0 Å². The van der Waals surface area contributed by atoms with Gasteiger partial charge in [-0.3, -0.25) is 10.1 Å². The topological polar surface area (TPSA) is 118 Å². The van der Waals surface area contributed by atoms with Crippen LogP contribution in [0.15, 0.2) is 47.6 Å². The van der Waals surface area contributed by atoms with E-state index in [2.05, 4.69) is 10.2 Å². The van der Waals surface area contributed by atoms with Crippen molar-refractivity contribution in [2.75, 3.05) is 20.1 Å². The summed E-state index contributed by atoms with van der Waals surface area (Å²) in [6.07, 6.45) is 0. The summed E-state index contributed by atoms with van der Waals surface area (Å²) in [6.45, 7) is 0. The maximum atomic E-state index is 10.7. The summed E-state index contributed by atoms with van der Waals surface area (Å²) in [5.74, 6) is 8.35. The van der Waals surface area contributed by atoms with Crippen molar-refractivity contribution in [3.8, 4) is 22.9 Å². The molecule has 0 radical (unpaired) electrons. The summed E-state index contributed by atoms with van der Waals surface area (Å²) >= 11 is 1.39. The van der Waals surface area contributed by atoms with Crippen molar-refractivity contribution in [1.29, 1.82) is 0 Å². The number of nitrogens with two attached hydrogens (primary N) is 1. The van der Waals surface area contributed by atoms with Gasteiger partial charge in [0.2, 0.25) is 5.16 Å². The van der Waals surface area contributed by atoms with Gasteiger partial charge in [-0.1, -0.05) is 23.9 Å². The van der Waals surface area contributed by atoms with Gasteiger partial charge >= 0.3 is 0 Å². The van der Waals surface area contributed by atoms with E-state index in [-0.39, 0.29) is 5.69 Å². The number of aromatic nitrogens is 3. The summed E-state index contributed by atoms with van der Waals surface area (Å²) < 4.78 is 11.9. The van der Waals surface area contributed by atoms with Crippen molar-refractivity contribution >= 4 is 17.4 Å². The van der Waals surface area contributed by atoms with E-state index in [9.17, 15) is 10.1 Å². The molecule has 10 heteroatoms. The first-order valence-corrected chi connectivity index (χ1v) is 8.81. The molecule has 1 aromatic heterocycles. The summed E-state index contributed by atoms with van der Waals surface area (Å²) in [7, 11) is 3.12. The minimum absolute atomic E-state index is 0.0569. The Kier molecular flexibility index (Phi) is 5.46. The van der Waals surface area contributed by atoms with Gasteiger partial charge in [0.25, 0.3) is 5.69 Å². The Morgan fingerprint density at radius 3 is 2.44 bits per heavy atom. The van der Waals surface area contributed by atoms with E-state index in [0.717, 1.165) is 11.1 Å². The number of nitro groups is 1. The fourth-order valence-electron chi connectivity index (χ4n) is 2.41. The number of nitrogen functional groups attached to an aromatic ring is 1. The monoisotopic (exact) mass is 387 g/mol. The highest BCUT2D eigenvalue weighted by atomic mass is 32.2. The van der Waals surface area contributed by atoms with Crippen LogP contribution in [0.5, 0.6) is 11.5 Å². The van der Waals surface area contributed by atoms with Crippen LogP contribution in [0.3, 0.4) is 0 Å². The molecule has 0 atom stereocenters. The number of nitro benzene ring substituents is 1. The molecule has 0 amide bonds. The van der Waals surface area contributed by atoms with Crippen molar-refractivity contribution < 1.29 is 14.4 Å². The molecule has 1 heterocycles. The molecule has 140 valence electrons. The molecule has 0 bridgehead atoms. The molecule has 0 unspecified atom stereocenters. The van der Waals surface area contributed by atoms with E-state index < -0.39 is 4.92 Å². The number of ether oxygens (including phenoxy) is 2. The number of nitrogens with zero attached hydrogens (tertiary/aromatic N) is 4. The van der Waals surface area contributed by atoms with E-state index in [1.807, 2.05) is 6.07 Å². The van der Waals surface area contributed by atoms with Gasteiger partial charge in [-0.2, -0.15) is 0 Å². The molecule has 3 aromatic rings. The molecule has 9 nitrogen and oxygen atoms in total.